The van der Waals surface area contributed by atoms with Gasteiger partial charge in [0.1, 0.15) is 5.82 Å². The molecule has 0 saturated carbocycles. The molecule has 106 valence electrons. The monoisotopic (exact) mass is 272 g/mol. The highest BCUT2D eigenvalue weighted by Crippen LogP contribution is 2.15. The van der Waals surface area contributed by atoms with Crippen LogP contribution in [0, 0.1) is 6.92 Å². The van der Waals surface area contributed by atoms with Crippen LogP contribution in [0.25, 0.3) is 10.9 Å². The summed E-state index contributed by atoms with van der Waals surface area (Å²) in [6.07, 6.45) is 1.09. The van der Waals surface area contributed by atoms with Gasteiger partial charge in [0.15, 0.2) is 0 Å². The standard InChI is InChI=1S/C15H20N4O/c1-10-4-3-5-11-13(10)18-12(19-14(11)20)8-17-15(2)6-7-16-9-15/h3-5,16-17H,6-9H2,1-2H3,(H,18,19,20). The number of H-pyrrole nitrogens is 1. The minimum Gasteiger partial charge on any atom is -0.315 e. The number of rotatable bonds is 3. The molecule has 2 heterocycles. The summed E-state index contributed by atoms with van der Waals surface area (Å²) in [6, 6.07) is 5.68. The quantitative estimate of drug-likeness (QED) is 0.782. The fourth-order valence-electron chi connectivity index (χ4n) is 2.70. The fourth-order valence-corrected chi connectivity index (χ4v) is 2.70. The van der Waals surface area contributed by atoms with Gasteiger partial charge in [-0.15, -0.1) is 0 Å². The predicted molar refractivity (Wildman–Crippen MR) is 79.8 cm³/mol. The number of aromatic nitrogens is 2. The summed E-state index contributed by atoms with van der Waals surface area (Å²) in [5.74, 6) is 0.699. The van der Waals surface area contributed by atoms with Crippen molar-refractivity contribution in [3.8, 4) is 0 Å². The van der Waals surface area contributed by atoms with Crippen LogP contribution in [0.2, 0.25) is 0 Å². The number of para-hydroxylation sites is 1. The van der Waals surface area contributed by atoms with E-state index in [0.717, 1.165) is 30.6 Å². The van der Waals surface area contributed by atoms with Crippen LogP contribution in [0.1, 0.15) is 24.7 Å². The van der Waals surface area contributed by atoms with Crippen LogP contribution in [0.4, 0.5) is 0 Å². The summed E-state index contributed by atoms with van der Waals surface area (Å²) in [7, 11) is 0. The van der Waals surface area contributed by atoms with E-state index in [9.17, 15) is 4.79 Å². The number of aryl methyl sites for hydroxylation is 1. The van der Waals surface area contributed by atoms with E-state index in [0.29, 0.717) is 17.8 Å². The predicted octanol–water partition coefficient (Wildman–Crippen LogP) is 1.07. The molecule has 5 heteroatoms. The molecule has 3 rings (SSSR count). The van der Waals surface area contributed by atoms with Gasteiger partial charge >= 0.3 is 0 Å². The molecule has 1 unspecified atom stereocenters. The van der Waals surface area contributed by atoms with E-state index in [1.54, 1.807) is 0 Å². The zero-order valence-corrected chi connectivity index (χ0v) is 11.9. The first-order valence-electron chi connectivity index (χ1n) is 7.02. The van der Waals surface area contributed by atoms with E-state index in [-0.39, 0.29) is 11.1 Å². The minimum absolute atomic E-state index is 0.0646. The van der Waals surface area contributed by atoms with E-state index < -0.39 is 0 Å². The van der Waals surface area contributed by atoms with Crippen molar-refractivity contribution in [2.75, 3.05) is 13.1 Å². The summed E-state index contributed by atoms with van der Waals surface area (Å²) in [5.41, 5.74) is 1.84. The highest BCUT2D eigenvalue weighted by molar-refractivity contribution is 5.80. The van der Waals surface area contributed by atoms with Crippen molar-refractivity contribution in [1.82, 2.24) is 20.6 Å². The summed E-state index contributed by atoms with van der Waals surface area (Å²) < 4.78 is 0. The molecular formula is C15H20N4O. The highest BCUT2D eigenvalue weighted by atomic mass is 16.1. The Hall–Kier alpha value is -1.72. The Morgan fingerprint density at radius 3 is 3.05 bits per heavy atom. The van der Waals surface area contributed by atoms with Gasteiger partial charge in [0, 0.05) is 12.1 Å². The number of nitrogens with one attached hydrogen (secondary N) is 3. The van der Waals surface area contributed by atoms with Crippen molar-refractivity contribution in [1.29, 1.82) is 0 Å². The van der Waals surface area contributed by atoms with Gasteiger partial charge in [-0.2, -0.15) is 0 Å². The van der Waals surface area contributed by atoms with Gasteiger partial charge in [-0.25, -0.2) is 4.98 Å². The summed E-state index contributed by atoms with van der Waals surface area (Å²) in [4.78, 5) is 19.6. The van der Waals surface area contributed by atoms with Crippen LogP contribution in [-0.4, -0.2) is 28.6 Å². The normalized spacial score (nSPS) is 22.5. The largest absolute Gasteiger partial charge is 0.315 e. The SMILES string of the molecule is Cc1cccc2c(=O)[nH]c(CNC3(C)CCNC3)nc12. The number of benzene rings is 1. The lowest BCUT2D eigenvalue weighted by atomic mass is 10.0. The Morgan fingerprint density at radius 2 is 2.30 bits per heavy atom. The van der Waals surface area contributed by atoms with Crippen molar-refractivity contribution >= 4 is 10.9 Å². The number of hydrogen-bond acceptors (Lipinski definition) is 4. The third-order valence-electron chi connectivity index (χ3n) is 4.04. The zero-order valence-electron chi connectivity index (χ0n) is 11.9. The second-order valence-corrected chi connectivity index (χ2v) is 5.82. The van der Waals surface area contributed by atoms with E-state index in [4.69, 9.17) is 0 Å². The summed E-state index contributed by atoms with van der Waals surface area (Å²) in [5, 5.41) is 7.49. The number of fused-ring (bicyclic) bond motifs is 1. The number of hydrogen-bond donors (Lipinski definition) is 3. The van der Waals surface area contributed by atoms with Crippen LogP contribution < -0.4 is 16.2 Å². The fraction of sp³-hybridized carbons (Fsp3) is 0.467. The molecule has 1 aliphatic heterocycles. The molecule has 1 saturated heterocycles. The molecule has 0 amide bonds. The molecule has 0 bridgehead atoms. The Labute approximate surface area is 117 Å². The third kappa shape index (κ3) is 2.46. The Balaban J connectivity index is 1.89. The van der Waals surface area contributed by atoms with Gasteiger partial charge in [-0.05, 0) is 38.4 Å². The van der Waals surface area contributed by atoms with Crippen LogP contribution >= 0.6 is 0 Å². The van der Waals surface area contributed by atoms with E-state index >= 15 is 0 Å². The average Bonchev–Trinajstić information content (AvgIpc) is 2.85. The molecule has 1 atom stereocenters. The van der Waals surface area contributed by atoms with Crippen molar-refractivity contribution in [2.24, 2.45) is 0 Å². The van der Waals surface area contributed by atoms with Gasteiger partial charge in [-0.1, -0.05) is 12.1 Å². The van der Waals surface area contributed by atoms with Crippen molar-refractivity contribution in [3.63, 3.8) is 0 Å². The van der Waals surface area contributed by atoms with Crippen molar-refractivity contribution in [2.45, 2.75) is 32.4 Å². The lowest BCUT2D eigenvalue weighted by Gasteiger charge is -2.24. The Morgan fingerprint density at radius 1 is 1.45 bits per heavy atom. The topological polar surface area (TPSA) is 69.8 Å². The summed E-state index contributed by atoms with van der Waals surface area (Å²) >= 11 is 0. The van der Waals surface area contributed by atoms with Gasteiger partial charge < -0.3 is 15.6 Å². The first kappa shape index (κ1) is 13.3. The second kappa shape index (κ2) is 5.00. The smallest absolute Gasteiger partial charge is 0.258 e. The van der Waals surface area contributed by atoms with E-state index in [1.165, 1.54) is 0 Å². The van der Waals surface area contributed by atoms with Gasteiger partial charge in [0.05, 0.1) is 17.4 Å². The van der Waals surface area contributed by atoms with Crippen LogP contribution in [0.3, 0.4) is 0 Å². The molecule has 3 N–H and O–H groups in total. The second-order valence-electron chi connectivity index (χ2n) is 5.82. The Kier molecular flexibility index (Phi) is 3.31. The molecule has 0 radical (unpaired) electrons. The van der Waals surface area contributed by atoms with Crippen LogP contribution in [-0.2, 0) is 6.54 Å². The maximum Gasteiger partial charge on any atom is 0.258 e. The molecular weight excluding hydrogens is 252 g/mol. The maximum absolute atomic E-state index is 12.1. The maximum atomic E-state index is 12.1. The van der Waals surface area contributed by atoms with Gasteiger partial charge in [0.2, 0.25) is 0 Å². The molecule has 5 nitrogen and oxygen atoms in total. The summed E-state index contributed by atoms with van der Waals surface area (Å²) in [6.45, 7) is 6.73. The number of aromatic amines is 1. The first-order valence-corrected chi connectivity index (χ1v) is 7.02. The molecule has 2 aromatic rings. The molecule has 20 heavy (non-hydrogen) atoms. The zero-order chi connectivity index (χ0) is 14.2. The van der Waals surface area contributed by atoms with Crippen molar-refractivity contribution in [3.05, 3.63) is 39.9 Å². The Bertz CT molecular complexity index is 686. The van der Waals surface area contributed by atoms with E-state index in [1.807, 2.05) is 25.1 Å². The number of nitrogens with zero attached hydrogens (tertiary/aromatic N) is 1. The van der Waals surface area contributed by atoms with E-state index in [2.05, 4.69) is 27.5 Å². The van der Waals surface area contributed by atoms with Crippen molar-refractivity contribution < 1.29 is 0 Å². The van der Waals surface area contributed by atoms with Gasteiger partial charge in [-0.3, -0.25) is 4.79 Å². The van der Waals surface area contributed by atoms with Crippen LogP contribution in [0.5, 0.6) is 0 Å². The highest BCUT2D eigenvalue weighted by Gasteiger charge is 2.27. The van der Waals surface area contributed by atoms with Crippen LogP contribution in [0.15, 0.2) is 23.0 Å². The average molecular weight is 272 g/mol. The minimum atomic E-state index is -0.0646. The lowest BCUT2D eigenvalue weighted by Crippen LogP contribution is -2.44. The molecule has 0 aliphatic carbocycles. The first-order chi connectivity index (χ1) is 9.57. The molecule has 0 spiro atoms. The third-order valence-corrected chi connectivity index (χ3v) is 4.04. The molecule has 1 aromatic carbocycles. The molecule has 1 fully saturated rings. The molecule has 1 aliphatic rings. The van der Waals surface area contributed by atoms with Gasteiger partial charge in [0.25, 0.3) is 5.56 Å². The lowest BCUT2D eigenvalue weighted by molar-refractivity contribution is 0.380. The molecule has 1 aromatic heterocycles.